The molecule has 4 rings (SSSR count). The first-order valence-corrected chi connectivity index (χ1v) is 9.33. The molecule has 0 radical (unpaired) electrons. The molecule has 3 aromatic rings. The van der Waals surface area contributed by atoms with Crippen LogP contribution in [-0.4, -0.2) is 29.5 Å². The van der Waals surface area contributed by atoms with Crippen molar-refractivity contribution in [2.24, 2.45) is 0 Å². The number of nitrogens with one attached hydrogen (secondary N) is 1. The number of para-hydroxylation sites is 1. The predicted octanol–water partition coefficient (Wildman–Crippen LogP) is 3.50. The molecule has 0 spiro atoms. The minimum atomic E-state index is -0.218. The molecule has 2 aromatic carbocycles. The van der Waals surface area contributed by atoms with E-state index >= 15 is 0 Å². The molecule has 0 atom stereocenters. The number of nitrogens with zero attached hydrogens (tertiary/aromatic N) is 3. The average Bonchev–Trinajstić information content (AvgIpc) is 2.77. The molecule has 28 heavy (non-hydrogen) atoms. The molecule has 1 aromatic heterocycles. The van der Waals surface area contributed by atoms with E-state index in [1.807, 2.05) is 30.3 Å². The highest BCUT2D eigenvalue weighted by Gasteiger charge is 2.20. The summed E-state index contributed by atoms with van der Waals surface area (Å²) in [5.41, 5.74) is 3.81. The van der Waals surface area contributed by atoms with Gasteiger partial charge in [-0.05, 0) is 42.2 Å². The second kappa shape index (κ2) is 8.08. The Morgan fingerprint density at radius 1 is 1.14 bits per heavy atom. The summed E-state index contributed by atoms with van der Waals surface area (Å²) in [4.78, 5) is 23.3. The third-order valence-corrected chi connectivity index (χ3v) is 4.88. The van der Waals surface area contributed by atoms with Gasteiger partial charge in [0.2, 0.25) is 0 Å². The maximum atomic E-state index is 12.6. The lowest BCUT2D eigenvalue weighted by Gasteiger charge is -2.30. The van der Waals surface area contributed by atoms with E-state index in [9.17, 15) is 4.79 Å². The normalized spacial score (nSPS) is 13.0. The zero-order chi connectivity index (χ0) is 19.3. The first-order chi connectivity index (χ1) is 13.7. The molecular formula is C22H22N4O2. The third-order valence-electron chi connectivity index (χ3n) is 4.88. The van der Waals surface area contributed by atoms with E-state index in [0.717, 1.165) is 42.2 Å². The summed E-state index contributed by atoms with van der Waals surface area (Å²) in [6, 6.07) is 17.7. The summed E-state index contributed by atoms with van der Waals surface area (Å²) in [6.07, 6.45) is 3.57. The second-order valence-electron chi connectivity index (χ2n) is 6.68. The average molecular weight is 374 g/mol. The number of hydrogen-bond acceptors (Lipinski definition) is 5. The summed E-state index contributed by atoms with van der Waals surface area (Å²) < 4.78 is 5.15. The standard InChI is InChI=1S/C22H22N4O2/c1-28-18-10-8-16(9-11-18)14-23-22(27)19-13-21(25-15-24-19)26-12-4-6-17-5-2-3-7-20(17)26/h2-3,5,7-11,13,15H,4,6,12,14H2,1H3,(H,23,27). The van der Waals surface area contributed by atoms with Crippen molar-refractivity contribution < 1.29 is 9.53 Å². The van der Waals surface area contributed by atoms with E-state index < -0.39 is 0 Å². The number of carbonyl (C=O) groups is 1. The van der Waals surface area contributed by atoms with Crippen LogP contribution in [0.5, 0.6) is 5.75 Å². The van der Waals surface area contributed by atoms with Gasteiger partial charge in [0.05, 0.1) is 7.11 Å². The van der Waals surface area contributed by atoms with Crippen LogP contribution in [0.3, 0.4) is 0 Å². The lowest BCUT2D eigenvalue weighted by Crippen LogP contribution is -2.27. The van der Waals surface area contributed by atoms with E-state index in [1.165, 1.54) is 11.9 Å². The number of carbonyl (C=O) groups excluding carboxylic acids is 1. The molecule has 0 unspecified atom stereocenters. The topological polar surface area (TPSA) is 67.3 Å². The maximum absolute atomic E-state index is 12.6. The summed E-state index contributed by atoms with van der Waals surface area (Å²) in [5.74, 6) is 1.32. The Hall–Kier alpha value is -3.41. The van der Waals surface area contributed by atoms with Crippen molar-refractivity contribution in [2.75, 3.05) is 18.6 Å². The van der Waals surface area contributed by atoms with E-state index in [0.29, 0.717) is 12.2 Å². The molecule has 0 fully saturated rings. The van der Waals surface area contributed by atoms with Crippen LogP contribution in [0.15, 0.2) is 60.9 Å². The Kier molecular flexibility index (Phi) is 5.19. The summed E-state index contributed by atoms with van der Waals surface area (Å²) >= 11 is 0. The number of aryl methyl sites for hydroxylation is 1. The van der Waals surface area contributed by atoms with Crippen LogP contribution in [0.2, 0.25) is 0 Å². The van der Waals surface area contributed by atoms with Gasteiger partial charge in [0.1, 0.15) is 23.6 Å². The molecule has 1 aliphatic rings. The zero-order valence-corrected chi connectivity index (χ0v) is 15.8. The molecule has 0 saturated heterocycles. The first-order valence-electron chi connectivity index (χ1n) is 9.33. The lowest BCUT2D eigenvalue weighted by atomic mass is 10.0. The van der Waals surface area contributed by atoms with Crippen LogP contribution in [0.4, 0.5) is 11.5 Å². The molecule has 1 amide bonds. The van der Waals surface area contributed by atoms with Gasteiger partial charge < -0.3 is 15.0 Å². The highest BCUT2D eigenvalue weighted by atomic mass is 16.5. The number of hydrogen-bond donors (Lipinski definition) is 1. The maximum Gasteiger partial charge on any atom is 0.270 e. The van der Waals surface area contributed by atoms with Gasteiger partial charge in [-0.1, -0.05) is 30.3 Å². The van der Waals surface area contributed by atoms with Crippen molar-refractivity contribution in [1.82, 2.24) is 15.3 Å². The van der Waals surface area contributed by atoms with Gasteiger partial charge >= 0.3 is 0 Å². The minimum absolute atomic E-state index is 0.218. The molecule has 0 aliphatic carbocycles. The molecule has 1 aliphatic heterocycles. The lowest BCUT2D eigenvalue weighted by molar-refractivity contribution is 0.0946. The van der Waals surface area contributed by atoms with Gasteiger partial charge in [-0.25, -0.2) is 9.97 Å². The number of methoxy groups -OCH3 is 1. The van der Waals surface area contributed by atoms with Gasteiger partial charge in [0, 0.05) is 24.8 Å². The Balaban J connectivity index is 1.48. The number of aromatic nitrogens is 2. The van der Waals surface area contributed by atoms with Gasteiger partial charge in [-0.3, -0.25) is 4.79 Å². The van der Waals surface area contributed by atoms with E-state index in [1.54, 1.807) is 13.2 Å². The molecule has 142 valence electrons. The van der Waals surface area contributed by atoms with Gasteiger partial charge in [-0.2, -0.15) is 0 Å². The van der Waals surface area contributed by atoms with E-state index in [4.69, 9.17) is 4.74 Å². The van der Waals surface area contributed by atoms with Crippen LogP contribution >= 0.6 is 0 Å². The fourth-order valence-electron chi connectivity index (χ4n) is 3.41. The predicted molar refractivity (Wildman–Crippen MR) is 108 cm³/mol. The molecule has 0 bridgehead atoms. The van der Waals surface area contributed by atoms with Crippen LogP contribution in [-0.2, 0) is 13.0 Å². The fourth-order valence-corrected chi connectivity index (χ4v) is 3.41. The first kappa shape index (κ1) is 18.0. The quantitative estimate of drug-likeness (QED) is 0.740. The summed E-state index contributed by atoms with van der Waals surface area (Å²) in [5, 5.41) is 2.91. The van der Waals surface area contributed by atoms with Crippen LogP contribution in [0.1, 0.15) is 28.0 Å². The van der Waals surface area contributed by atoms with Gasteiger partial charge in [0.15, 0.2) is 0 Å². The number of ether oxygens (including phenoxy) is 1. The number of anilines is 2. The Morgan fingerprint density at radius 3 is 2.79 bits per heavy atom. The zero-order valence-electron chi connectivity index (χ0n) is 15.8. The van der Waals surface area contributed by atoms with Crippen molar-refractivity contribution in [1.29, 1.82) is 0 Å². The van der Waals surface area contributed by atoms with Crippen LogP contribution in [0.25, 0.3) is 0 Å². The van der Waals surface area contributed by atoms with Crippen molar-refractivity contribution in [3.63, 3.8) is 0 Å². The van der Waals surface area contributed by atoms with E-state index in [2.05, 4.69) is 38.4 Å². The second-order valence-corrected chi connectivity index (χ2v) is 6.68. The number of fused-ring (bicyclic) bond motifs is 1. The summed E-state index contributed by atoms with van der Waals surface area (Å²) in [7, 11) is 1.63. The van der Waals surface area contributed by atoms with Gasteiger partial charge in [-0.15, -0.1) is 0 Å². The number of benzene rings is 2. The fraction of sp³-hybridized carbons (Fsp3) is 0.227. The van der Waals surface area contributed by atoms with Gasteiger partial charge in [0.25, 0.3) is 5.91 Å². The smallest absolute Gasteiger partial charge is 0.270 e. The Bertz CT molecular complexity index is 972. The number of amides is 1. The molecule has 1 N–H and O–H groups in total. The Morgan fingerprint density at radius 2 is 1.96 bits per heavy atom. The Labute approximate surface area is 164 Å². The molecule has 0 saturated carbocycles. The van der Waals surface area contributed by atoms with Crippen LogP contribution < -0.4 is 15.0 Å². The largest absolute Gasteiger partial charge is 0.497 e. The van der Waals surface area contributed by atoms with Crippen molar-refractivity contribution >= 4 is 17.4 Å². The summed E-state index contributed by atoms with van der Waals surface area (Å²) in [6.45, 7) is 1.30. The highest BCUT2D eigenvalue weighted by Crippen LogP contribution is 2.32. The minimum Gasteiger partial charge on any atom is -0.497 e. The van der Waals surface area contributed by atoms with Crippen molar-refractivity contribution in [3.8, 4) is 5.75 Å². The van der Waals surface area contributed by atoms with Crippen molar-refractivity contribution in [3.05, 3.63) is 77.7 Å². The molecular weight excluding hydrogens is 352 g/mol. The molecule has 6 nitrogen and oxygen atoms in total. The molecule has 6 heteroatoms. The number of rotatable bonds is 5. The molecule has 2 heterocycles. The van der Waals surface area contributed by atoms with Crippen LogP contribution in [0, 0.1) is 0 Å². The third kappa shape index (κ3) is 3.81. The SMILES string of the molecule is COc1ccc(CNC(=O)c2cc(N3CCCc4ccccc43)ncn2)cc1. The van der Waals surface area contributed by atoms with Crippen molar-refractivity contribution in [2.45, 2.75) is 19.4 Å². The monoisotopic (exact) mass is 374 g/mol. The van der Waals surface area contributed by atoms with E-state index in [-0.39, 0.29) is 5.91 Å². The highest BCUT2D eigenvalue weighted by molar-refractivity contribution is 5.93.